The Hall–Kier alpha value is -3.13. The first-order valence-corrected chi connectivity index (χ1v) is 8.82. The van der Waals surface area contributed by atoms with E-state index in [0.717, 1.165) is 5.56 Å². The normalized spacial score (nSPS) is 10.2. The van der Waals surface area contributed by atoms with Crippen molar-refractivity contribution < 1.29 is 24.0 Å². The number of hydrogen-bond acceptors (Lipinski definition) is 6. The van der Waals surface area contributed by atoms with E-state index in [1.807, 2.05) is 6.92 Å². The number of para-hydroxylation sites is 2. The lowest BCUT2D eigenvalue weighted by Crippen LogP contribution is -2.21. The van der Waals surface area contributed by atoms with Gasteiger partial charge in [-0.15, -0.1) is 0 Å². The molecule has 1 amide bonds. The second-order valence-corrected chi connectivity index (χ2v) is 6.25. The zero-order valence-electron chi connectivity index (χ0n) is 15.1. The quantitative estimate of drug-likeness (QED) is 0.293. The molecule has 0 saturated carbocycles. The molecule has 0 unspecified atom stereocenters. The number of nitrogens with one attached hydrogen (secondary N) is 1. The third-order valence-electron chi connectivity index (χ3n) is 3.66. The van der Waals surface area contributed by atoms with E-state index in [4.69, 9.17) is 21.1 Å². The highest BCUT2D eigenvalue weighted by Gasteiger charge is 2.15. The van der Waals surface area contributed by atoms with Crippen LogP contribution in [0.4, 0.5) is 11.4 Å². The number of halogens is 1. The maximum Gasteiger partial charge on any atom is 0.306 e. The smallest absolute Gasteiger partial charge is 0.306 e. The molecule has 2 rings (SSSR count). The molecule has 0 atom stereocenters. The first kappa shape index (κ1) is 21.2. The molecule has 0 aliphatic rings. The van der Waals surface area contributed by atoms with Gasteiger partial charge in [-0.25, -0.2) is 0 Å². The van der Waals surface area contributed by atoms with Crippen LogP contribution >= 0.6 is 11.6 Å². The summed E-state index contributed by atoms with van der Waals surface area (Å²) in [5, 5.41) is 13.9. The van der Waals surface area contributed by atoms with Crippen LogP contribution in [0.25, 0.3) is 0 Å². The zero-order valence-corrected chi connectivity index (χ0v) is 15.9. The Bertz CT molecular complexity index is 871. The van der Waals surface area contributed by atoms with Gasteiger partial charge in [0.25, 0.3) is 11.6 Å². The minimum atomic E-state index is -0.657. The molecule has 0 bridgehead atoms. The molecule has 1 N–H and O–H groups in total. The third-order valence-corrected chi connectivity index (χ3v) is 4.09. The van der Waals surface area contributed by atoms with Crippen LogP contribution in [0, 0.1) is 17.0 Å². The first-order chi connectivity index (χ1) is 13.4. The third kappa shape index (κ3) is 6.55. The van der Waals surface area contributed by atoms with E-state index in [1.165, 1.54) is 18.2 Å². The fourth-order valence-electron chi connectivity index (χ4n) is 2.26. The molecular weight excluding hydrogens is 388 g/mol. The lowest BCUT2D eigenvalue weighted by atomic mass is 10.2. The molecule has 0 heterocycles. The summed E-state index contributed by atoms with van der Waals surface area (Å²) in [5.74, 6) is -0.566. The van der Waals surface area contributed by atoms with E-state index in [-0.39, 0.29) is 17.8 Å². The van der Waals surface area contributed by atoms with Crippen molar-refractivity contribution in [3.05, 3.63) is 63.2 Å². The van der Waals surface area contributed by atoms with Crippen LogP contribution in [0.15, 0.2) is 42.5 Å². The van der Waals surface area contributed by atoms with Gasteiger partial charge in [-0.1, -0.05) is 23.7 Å². The van der Waals surface area contributed by atoms with Gasteiger partial charge in [0.15, 0.2) is 6.61 Å². The number of benzene rings is 2. The van der Waals surface area contributed by atoms with Crippen molar-refractivity contribution in [2.45, 2.75) is 19.8 Å². The van der Waals surface area contributed by atoms with Gasteiger partial charge in [0, 0.05) is 17.5 Å². The van der Waals surface area contributed by atoms with E-state index in [2.05, 4.69) is 5.32 Å². The summed E-state index contributed by atoms with van der Waals surface area (Å²) in [6, 6.07) is 11.0. The van der Waals surface area contributed by atoms with Crippen LogP contribution in [-0.2, 0) is 14.3 Å². The second kappa shape index (κ2) is 10.3. The van der Waals surface area contributed by atoms with E-state index in [9.17, 15) is 19.7 Å². The van der Waals surface area contributed by atoms with Crippen molar-refractivity contribution in [3.63, 3.8) is 0 Å². The minimum Gasteiger partial charge on any atom is -0.494 e. The molecule has 0 fully saturated rings. The lowest BCUT2D eigenvalue weighted by Gasteiger charge is -2.08. The molecule has 0 radical (unpaired) electrons. The van der Waals surface area contributed by atoms with Crippen molar-refractivity contribution in [2.75, 3.05) is 18.5 Å². The van der Waals surface area contributed by atoms with Crippen LogP contribution in [-0.4, -0.2) is 30.0 Å². The number of nitro groups is 1. The Labute approximate surface area is 166 Å². The summed E-state index contributed by atoms with van der Waals surface area (Å²) in [4.78, 5) is 33.8. The van der Waals surface area contributed by atoms with Gasteiger partial charge in [0.05, 0.1) is 11.5 Å². The lowest BCUT2D eigenvalue weighted by molar-refractivity contribution is -0.383. The highest BCUT2D eigenvalue weighted by Crippen LogP contribution is 2.23. The highest BCUT2D eigenvalue weighted by atomic mass is 35.5. The van der Waals surface area contributed by atoms with Gasteiger partial charge in [0.1, 0.15) is 11.4 Å². The Morgan fingerprint density at radius 3 is 2.68 bits per heavy atom. The summed E-state index contributed by atoms with van der Waals surface area (Å²) in [7, 11) is 0. The molecule has 28 heavy (non-hydrogen) atoms. The number of esters is 1. The molecule has 0 saturated heterocycles. The fraction of sp³-hybridized carbons (Fsp3) is 0.263. The maximum atomic E-state index is 11.8. The van der Waals surface area contributed by atoms with Crippen molar-refractivity contribution in [3.8, 4) is 5.75 Å². The van der Waals surface area contributed by atoms with E-state index in [1.54, 1.807) is 24.3 Å². The number of carbonyl (C=O) groups is 2. The topological polar surface area (TPSA) is 108 Å². The number of hydrogen-bond donors (Lipinski definition) is 1. The largest absolute Gasteiger partial charge is 0.494 e. The summed E-state index contributed by atoms with van der Waals surface area (Å²) in [6.45, 7) is 1.64. The highest BCUT2D eigenvalue weighted by molar-refractivity contribution is 6.31. The number of anilines is 1. The van der Waals surface area contributed by atoms with Crippen molar-refractivity contribution in [1.82, 2.24) is 0 Å². The molecule has 9 heteroatoms. The summed E-state index contributed by atoms with van der Waals surface area (Å²) in [5.41, 5.74) is 0.695. The van der Waals surface area contributed by atoms with Crippen molar-refractivity contribution in [2.24, 2.45) is 0 Å². The number of aryl methyl sites for hydroxylation is 1. The van der Waals surface area contributed by atoms with Crippen molar-refractivity contribution >= 4 is 34.9 Å². The van der Waals surface area contributed by atoms with E-state index in [0.29, 0.717) is 23.8 Å². The van der Waals surface area contributed by atoms with Crippen LogP contribution in [0.2, 0.25) is 5.02 Å². The Kier molecular flexibility index (Phi) is 7.76. The fourth-order valence-corrected chi connectivity index (χ4v) is 2.37. The average molecular weight is 407 g/mol. The summed E-state index contributed by atoms with van der Waals surface area (Å²) in [6.07, 6.45) is 0.484. The number of nitro benzene ring substituents is 1. The van der Waals surface area contributed by atoms with Crippen LogP contribution in [0.3, 0.4) is 0 Å². The van der Waals surface area contributed by atoms with Crippen LogP contribution < -0.4 is 10.1 Å². The molecule has 0 aromatic heterocycles. The maximum absolute atomic E-state index is 11.8. The van der Waals surface area contributed by atoms with E-state index < -0.39 is 23.4 Å². The van der Waals surface area contributed by atoms with Gasteiger partial charge in [-0.3, -0.25) is 19.7 Å². The molecule has 2 aromatic rings. The molecule has 0 spiro atoms. The average Bonchev–Trinajstić information content (AvgIpc) is 2.66. The number of ether oxygens (including phenoxy) is 2. The molecule has 0 aliphatic heterocycles. The Balaban J connectivity index is 1.68. The molecule has 148 valence electrons. The molecule has 0 aliphatic carbocycles. The standard InChI is InChI=1S/C19H19ClN2O6/c1-13-11-14(8-9-15(13)20)27-10-4-7-19(24)28-12-18(23)21-16-5-2-3-6-17(16)22(25)26/h2-3,5-6,8-9,11H,4,7,10,12H2,1H3,(H,21,23). The van der Waals surface area contributed by atoms with Gasteiger partial charge in [-0.2, -0.15) is 0 Å². The number of nitrogens with zero attached hydrogens (tertiary/aromatic N) is 1. The number of carbonyl (C=O) groups excluding carboxylic acids is 2. The van der Waals surface area contributed by atoms with Gasteiger partial charge < -0.3 is 14.8 Å². The molecule has 2 aromatic carbocycles. The van der Waals surface area contributed by atoms with Crippen LogP contribution in [0.1, 0.15) is 18.4 Å². The van der Waals surface area contributed by atoms with Gasteiger partial charge >= 0.3 is 5.97 Å². The Morgan fingerprint density at radius 1 is 1.21 bits per heavy atom. The van der Waals surface area contributed by atoms with Gasteiger partial charge in [0.2, 0.25) is 0 Å². The first-order valence-electron chi connectivity index (χ1n) is 8.44. The zero-order chi connectivity index (χ0) is 20.5. The SMILES string of the molecule is Cc1cc(OCCCC(=O)OCC(=O)Nc2ccccc2[N+](=O)[O-])ccc1Cl. The summed E-state index contributed by atoms with van der Waals surface area (Å²) < 4.78 is 10.4. The monoisotopic (exact) mass is 406 g/mol. The number of amides is 1. The minimum absolute atomic E-state index is 0.0419. The van der Waals surface area contributed by atoms with E-state index >= 15 is 0 Å². The molecule has 8 nitrogen and oxygen atoms in total. The number of rotatable bonds is 9. The predicted octanol–water partition coefficient (Wildman–Crippen LogP) is 3.90. The van der Waals surface area contributed by atoms with Gasteiger partial charge in [-0.05, 0) is 43.2 Å². The van der Waals surface area contributed by atoms with Crippen LogP contribution in [0.5, 0.6) is 5.75 Å². The Morgan fingerprint density at radius 2 is 1.96 bits per heavy atom. The summed E-state index contributed by atoms with van der Waals surface area (Å²) >= 11 is 5.94. The van der Waals surface area contributed by atoms with Crippen molar-refractivity contribution in [1.29, 1.82) is 0 Å². The predicted molar refractivity (Wildman–Crippen MR) is 104 cm³/mol. The molecular formula is C19H19ClN2O6. The second-order valence-electron chi connectivity index (χ2n) is 5.85.